The fraction of sp³-hybridized carbons (Fsp3) is 0.286. The Bertz CT molecular complexity index is 932. The van der Waals surface area contributed by atoms with E-state index >= 15 is 0 Å². The number of hydrogen-bond donors (Lipinski definition) is 2. The Morgan fingerprint density at radius 2 is 2.12 bits per heavy atom. The highest BCUT2D eigenvalue weighted by molar-refractivity contribution is 7.20. The SMILES string of the molecule is COc1ccc2c(c1)CCC[C@]2(O)CNC(=O)c1cc2ccccc2s1. The summed E-state index contributed by atoms with van der Waals surface area (Å²) >= 11 is 1.47. The van der Waals surface area contributed by atoms with E-state index in [-0.39, 0.29) is 12.5 Å². The zero-order valence-corrected chi connectivity index (χ0v) is 15.4. The third kappa shape index (κ3) is 3.08. The molecule has 3 aromatic rings. The minimum absolute atomic E-state index is 0.139. The second-order valence-corrected chi connectivity index (χ2v) is 7.82. The molecule has 1 aliphatic rings. The summed E-state index contributed by atoms with van der Waals surface area (Å²) in [5.41, 5.74) is 0.946. The zero-order valence-electron chi connectivity index (χ0n) is 14.6. The summed E-state index contributed by atoms with van der Waals surface area (Å²) in [5, 5.41) is 15.2. The highest BCUT2D eigenvalue weighted by Crippen LogP contribution is 2.36. The van der Waals surface area contributed by atoms with E-state index in [0.29, 0.717) is 11.3 Å². The number of thiophene rings is 1. The average Bonchev–Trinajstić information content (AvgIpc) is 3.10. The Balaban J connectivity index is 1.53. The molecule has 2 N–H and O–H groups in total. The van der Waals surface area contributed by atoms with Crippen molar-refractivity contribution in [3.05, 3.63) is 64.5 Å². The molecule has 0 bridgehead atoms. The minimum Gasteiger partial charge on any atom is -0.497 e. The van der Waals surface area contributed by atoms with Gasteiger partial charge < -0.3 is 15.2 Å². The molecule has 0 aliphatic heterocycles. The smallest absolute Gasteiger partial charge is 0.261 e. The number of fused-ring (bicyclic) bond motifs is 2. The maximum absolute atomic E-state index is 12.6. The third-order valence-electron chi connectivity index (χ3n) is 5.04. The molecule has 0 fully saturated rings. The fourth-order valence-corrected chi connectivity index (χ4v) is 4.63. The molecule has 1 atom stereocenters. The Hall–Kier alpha value is -2.37. The summed E-state index contributed by atoms with van der Waals surface area (Å²) in [7, 11) is 1.64. The van der Waals surface area contributed by atoms with E-state index in [1.165, 1.54) is 11.3 Å². The van der Waals surface area contributed by atoms with Crippen LogP contribution in [0.4, 0.5) is 0 Å². The van der Waals surface area contributed by atoms with Crippen LogP contribution in [0.15, 0.2) is 48.5 Å². The van der Waals surface area contributed by atoms with Gasteiger partial charge >= 0.3 is 0 Å². The lowest BCUT2D eigenvalue weighted by molar-refractivity contribution is 0.0189. The maximum atomic E-state index is 12.6. The Labute approximate surface area is 156 Å². The largest absolute Gasteiger partial charge is 0.497 e. The molecule has 1 amide bonds. The van der Waals surface area contributed by atoms with Crippen molar-refractivity contribution >= 4 is 27.3 Å². The van der Waals surface area contributed by atoms with Gasteiger partial charge in [-0.25, -0.2) is 0 Å². The van der Waals surface area contributed by atoms with E-state index in [9.17, 15) is 9.90 Å². The van der Waals surface area contributed by atoms with Gasteiger partial charge in [0.1, 0.15) is 11.4 Å². The van der Waals surface area contributed by atoms with E-state index in [2.05, 4.69) is 5.32 Å². The summed E-state index contributed by atoms with van der Waals surface area (Å²) in [6.07, 6.45) is 2.44. The highest BCUT2D eigenvalue weighted by Gasteiger charge is 2.35. The van der Waals surface area contributed by atoms with Crippen LogP contribution in [0.2, 0.25) is 0 Å². The van der Waals surface area contributed by atoms with Crippen molar-refractivity contribution < 1.29 is 14.6 Å². The van der Waals surface area contributed by atoms with Gasteiger partial charge in [-0.3, -0.25) is 4.79 Å². The van der Waals surface area contributed by atoms with Crippen LogP contribution in [0, 0.1) is 0 Å². The van der Waals surface area contributed by atoms with Gasteiger partial charge in [-0.2, -0.15) is 0 Å². The number of nitrogens with one attached hydrogen (secondary N) is 1. The molecule has 0 spiro atoms. The monoisotopic (exact) mass is 367 g/mol. The second kappa shape index (κ2) is 6.74. The number of methoxy groups -OCH3 is 1. The first-order valence-corrected chi connectivity index (χ1v) is 9.57. The van der Waals surface area contributed by atoms with E-state index in [1.807, 2.05) is 48.5 Å². The zero-order chi connectivity index (χ0) is 18.1. The lowest BCUT2D eigenvalue weighted by Gasteiger charge is -2.34. The number of benzene rings is 2. The Morgan fingerprint density at radius 1 is 1.27 bits per heavy atom. The van der Waals surface area contributed by atoms with Crippen molar-refractivity contribution in [2.75, 3.05) is 13.7 Å². The van der Waals surface area contributed by atoms with Crippen molar-refractivity contribution in [1.82, 2.24) is 5.32 Å². The number of carbonyl (C=O) groups is 1. The Kier molecular flexibility index (Phi) is 4.42. The molecule has 1 aliphatic carbocycles. The van der Waals surface area contributed by atoms with Gasteiger partial charge in [0, 0.05) is 4.70 Å². The predicted molar refractivity (Wildman–Crippen MR) is 104 cm³/mol. The first-order chi connectivity index (χ1) is 12.6. The van der Waals surface area contributed by atoms with Crippen molar-refractivity contribution in [3.63, 3.8) is 0 Å². The lowest BCUT2D eigenvalue weighted by atomic mass is 9.79. The molecule has 0 saturated heterocycles. The van der Waals surface area contributed by atoms with Crippen LogP contribution in [0.5, 0.6) is 5.75 Å². The topological polar surface area (TPSA) is 58.6 Å². The summed E-state index contributed by atoms with van der Waals surface area (Å²) in [6.45, 7) is 0.208. The molecule has 134 valence electrons. The molecule has 4 nitrogen and oxygen atoms in total. The molecule has 5 heteroatoms. The summed E-state index contributed by atoms with van der Waals surface area (Å²) in [4.78, 5) is 13.2. The van der Waals surface area contributed by atoms with Crippen molar-refractivity contribution in [2.45, 2.75) is 24.9 Å². The van der Waals surface area contributed by atoms with Gasteiger partial charge in [0.15, 0.2) is 0 Å². The van der Waals surface area contributed by atoms with Gasteiger partial charge in [0.25, 0.3) is 5.91 Å². The van der Waals surface area contributed by atoms with E-state index < -0.39 is 5.60 Å². The first-order valence-electron chi connectivity index (χ1n) is 8.76. The lowest BCUT2D eigenvalue weighted by Crippen LogP contribution is -2.42. The minimum atomic E-state index is -1.04. The Morgan fingerprint density at radius 3 is 2.92 bits per heavy atom. The average molecular weight is 367 g/mol. The molecule has 1 heterocycles. The van der Waals surface area contributed by atoms with E-state index in [4.69, 9.17) is 4.74 Å². The number of aryl methyl sites for hydroxylation is 1. The quantitative estimate of drug-likeness (QED) is 0.736. The highest BCUT2D eigenvalue weighted by atomic mass is 32.1. The predicted octanol–water partition coefficient (Wildman–Crippen LogP) is 3.86. The number of hydrogen-bond acceptors (Lipinski definition) is 4. The van der Waals surface area contributed by atoms with Gasteiger partial charge in [-0.15, -0.1) is 11.3 Å². The first kappa shape index (κ1) is 17.1. The number of carbonyl (C=O) groups excluding carboxylic acids is 1. The summed E-state index contributed by atoms with van der Waals surface area (Å²) in [6, 6.07) is 15.6. The normalized spacial score (nSPS) is 19.2. The van der Waals surface area contributed by atoms with Crippen LogP contribution in [-0.4, -0.2) is 24.7 Å². The number of ether oxygens (including phenoxy) is 1. The third-order valence-corrected chi connectivity index (χ3v) is 6.16. The summed E-state index contributed by atoms with van der Waals surface area (Å²) < 4.78 is 6.37. The van der Waals surface area contributed by atoms with E-state index in [0.717, 1.165) is 39.8 Å². The molecule has 0 saturated carbocycles. The molecule has 2 aromatic carbocycles. The number of rotatable bonds is 4. The number of amides is 1. The van der Waals surface area contributed by atoms with Crippen LogP contribution in [0.3, 0.4) is 0 Å². The van der Waals surface area contributed by atoms with Gasteiger partial charge in [-0.1, -0.05) is 24.3 Å². The van der Waals surface area contributed by atoms with Crippen LogP contribution >= 0.6 is 11.3 Å². The van der Waals surface area contributed by atoms with Crippen LogP contribution < -0.4 is 10.1 Å². The van der Waals surface area contributed by atoms with Crippen molar-refractivity contribution in [1.29, 1.82) is 0 Å². The van der Waals surface area contributed by atoms with Gasteiger partial charge in [-0.05, 0) is 60.0 Å². The molecule has 4 rings (SSSR count). The molecule has 26 heavy (non-hydrogen) atoms. The van der Waals surface area contributed by atoms with Crippen LogP contribution in [0.25, 0.3) is 10.1 Å². The van der Waals surface area contributed by atoms with Crippen LogP contribution in [-0.2, 0) is 12.0 Å². The molecular weight excluding hydrogens is 346 g/mol. The molecule has 0 radical (unpaired) electrons. The van der Waals surface area contributed by atoms with Gasteiger partial charge in [0.2, 0.25) is 0 Å². The molecule has 0 unspecified atom stereocenters. The van der Waals surface area contributed by atoms with Crippen LogP contribution in [0.1, 0.15) is 33.6 Å². The van der Waals surface area contributed by atoms with Gasteiger partial charge in [0.05, 0.1) is 18.5 Å². The molecular formula is C21H21NO3S. The number of aliphatic hydroxyl groups is 1. The second-order valence-electron chi connectivity index (χ2n) is 6.74. The van der Waals surface area contributed by atoms with E-state index in [1.54, 1.807) is 7.11 Å². The fourth-order valence-electron chi connectivity index (χ4n) is 3.65. The van der Waals surface area contributed by atoms with Crippen molar-refractivity contribution in [3.8, 4) is 5.75 Å². The summed E-state index contributed by atoms with van der Waals surface area (Å²) in [5.74, 6) is 0.655. The standard InChI is InChI=1S/C21H21NO3S/c1-25-16-8-9-17-14(11-16)6-4-10-21(17,24)13-22-20(23)19-12-15-5-2-3-7-18(15)26-19/h2-3,5,7-9,11-12,24H,4,6,10,13H2,1H3,(H,22,23)/t21-/m0/s1. The molecule has 1 aromatic heterocycles. The van der Waals surface area contributed by atoms with Crippen molar-refractivity contribution in [2.24, 2.45) is 0 Å². The maximum Gasteiger partial charge on any atom is 0.261 e.